The summed E-state index contributed by atoms with van der Waals surface area (Å²) in [5.41, 5.74) is 0.972. The van der Waals surface area contributed by atoms with E-state index < -0.39 is 0 Å². The Bertz CT molecular complexity index is 328. The molecule has 0 saturated heterocycles. The molecule has 1 N–H and O–H groups in total. The Morgan fingerprint density at radius 2 is 1.93 bits per heavy atom. The van der Waals surface area contributed by atoms with Crippen LogP contribution >= 0.6 is 23.2 Å². The Kier molecular flexibility index (Phi) is 4.05. The molecule has 1 aromatic rings. The Morgan fingerprint density at radius 1 is 1.29 bits per heavy atom. The van der Waals surface area contributed by atoms with Gasteiger partial charge in [0.05, 0.1) is 12.1 Å². The molecule has 0 aromatic heterocycles. The van der Waals surface area contributed by atoms with E-state index in [0.29, 0.717) is 15.8 Å². The van der Waals surface area contributed by atoms with Crippen LogP contribution in [-0.2, 0) is 0 Å². The summed E-state index contributed by atoms with van der Waals surface area (Å²) in [7, 11) is 3.44. The van der Waals surface area contributed by atoms with Gasteiger partial charge in [-0.05, 0) is 25.6 Å². The third kappa shape index (κ3) is 2.14. The van der Waals surface area contributed by atoms with Gasteiger partial charge in [-0.3, -0.25) is 0 Å². The Balaban J connectivity index is 3.17. The van der Waals surface area contributed by atoms with E-state index in [1.54, 1.807) is 7.11 Å². The lowest BCUT2D eigenvalue weighted by Crippen LogP contribution is -2.12. The van der Waals surface area contributed by atoms with Crippen LogP contribution < -0.4 is 10.1 Å². The number of hydrogen-bond acceptors (Lipinski definition) is 2. The van der Waals surface area contributed by atoms with E-state index >= 15 is 0 Å². The van der Waals surface area contributed by atoms with Crippen LogP contribution in [0.15, 0.2) is 12.1 Å². The number of hydrogen-bond donors (Lipinski definition) is 1. The fourth-order valence-electron chi connectivity index (χ4n) is 1.19. The monoisotopic (exact) mass is 233 g/mol. The van der Waals surface area contributed by atoms with E-state index in [-0.39, 0.29) is 6.04 Å². The highest BCUT2D eigenvalue weighted by Crippen LogP contribution is 2.36. The van der Waals surface area contributed by atoms with Gasteiger partial charge >= 0.3 is 0 Å². The SMILES string of the molecule is CNC(C)c1ccc(OC)c(Cl)c1Cl. The third-order valence-electron chi connectivity index (χ3n) is 2.20. The van der Waals surface area contributed by atoms with Gasteiger partial charge < -0.3 is 10.1 Å². The van der Waals surface area contributed by atoms with Crippen molar-refractivity contribution < 1.29 is 4.74 Å². The predicted octanol–water partition coefficient (Wildman–Crippen LogP) is 3.28. The van der Waals surface area contributed by atoms with Gasteiger partial charge in [0.15, 0.2) is 0 Å². The molecule has 78 valence electrons. The molecule has 1 rings (SSSR count). The molecular formula is C10H13Cl2NO. The summed E-state index contributed by atoms with van der Waals surface area (Å²) in [6, 6.07) is 3.90. The number of rotatable bonds is 3. The maximum atomic E-state index is 6.10. The lowest BCUT2D eigenvalue weighted by atomic mass is 10.1. The topological polar surface area (TPSA) is 21.3 Å². The van der Waals surface area contributed by atoms with Crippen molar-refractivity contribution in [1.82, 2.24) is 5.32 Å². The first-order chi connectivity index (χ1) is 6.61. The van der Waals surface area contributed by atoms with Gasteiger partial charge in [0.2, 0.25) is 0 Å². The predicted molar refractivity (Wildman–Crippen MR) is 60.5 cm³/mol. The van der Waals surface area contributed by atoms with Crippen molar-refractivity contribution in [2.45, 2.75) is 13.0 Å². The maximum absolute atomic E-state index is 6.10. The average Bonchev–Trinajstić information content (AvgIpc) is 2.21. The molecule has 0 fully saturated rings. The van der Waals surface area contributed by atoms with Crippen LogP contribution in [0, 0.1) is 0 Å². The first-order valence-electron chi connectivity index (χ1n) is 4.31. The zero-order valence-corrected chi connectivity index (χ0v) is 9.91. The van der Waals surface area contributed by atoms with Gasteiger partial charge in [-0.2, -0.15) is 0 Å². The molecule has 0 saturated carbocycles. The second-order valence-electron chi connectivity index (χ2n) is 3.00. The van der Waals surface area contributed by atoms with Crippen molar-refractivity contribution in [2.75, 3.05) is 14.2 Å². The van der Waals surface area contributed by atoms with Gasteiger partial charge in [0.1, 0.15) is 10.8 Å². The van der Waals surface area contributed by atoms with E-state index in [1.807, 2.05) is 26.1 Å². The molecule has 4 heteroatoms. The maximum Gasteiger partial charge on any atom is 0.139 e. The van der Waals surface area contributed by atoms with Gasteiger partial charge in [-0.1, -0.05) is 29.3 Å². The highest BCUT2D eigenvalue weighted by atomic mass is 35.5. The average molecular weight is 234 g/mol. The molecule has 2 nitrogen and oxygen atoms in total. The molecule has 0 spiro atoms. The molecule has 1 unspecified atom stereocenters. The van der Waals surface area contributed by atoms with E-state index in [9.17, 15) is 0 Å². The molecule has 0 radical (unpaired) electrons. The Hall–Kier alpha value is -0.440. The van der Waals surface area contributed by atoms with Crippen LogP contribution in [-0.4, -0.2) is 14.2 Å². The zero-order valence-electron chi connectivity index (χ0n) is 8.40. The van der Waals surface area contributed by atoms with Crippen molar-refractivity contribution in [3.05, 3.63) is 27.7 Å². The van der Waals surface area contributed by atoms with Gasteiger partial charge in [0.25, 0.3) is 0 Å². The summed E-state index contributed by atoms with van der Waals surface area (Å²) < 4.78 is 5.06. The van der Waals surface area contributed by atoms with Crippen LogP contribution in [0.1, 0.15) is 18.5 Å². The van der Waals surface area contributed by atoms with Crippen LogP contribution in [0.2, 0.25) is 10.0 Å². The third-order valence-corrected chi connectivity index (χ3v) is 3.08. The summed E-state index contributed by atoms with van der Waals surface area (Å²) in [5, 5.41) is 4.12. The van der Waals surface area contributed by atoms with Crippen LogP contribution in [0.3, 0.4) is 0 Å². The number of nitrogens with one attached hydrogen (secondary N) is 1. The van der Waals surface area contributed by atoms with E-state index in [1.165, 1.54) is 0 Å². The van der Waals surface area contributed by atoms with Crippen molar-refractivity contribution >= 4 is 23.2 Å². The molecule has 0 aliphatic carbocycles. The summed E-state index contributed by atoms with van der Waals surface area (Å²) in [5.74, 6) is 0.601. The van der Waals surface area contributed by atoms with Crippen LogP contribution in [0.5, 0.6) is 5.75 Å². The molecule has 0 heterocycles. The molecular weight excluding hydrogens is 221 g/mol. The quantitative estimate of drug-likeness (QED) is 0.866. The molecule has 14 heavy (non-hydrogen) atoms. The first-order valence-corrected chi connectivity index (χ1v) is 5.06. The molecule has 0 aliphatic heterocycles. The molecule has 0 amide bonds. The van der Waals surface area contributed by atoms with Crippen molar-refractivity contribution in [1.29, 1.82) is 0 Å². The van der Waals surface area contributed by atoms with E-state index in [4.69, 9.17) is 27.9 Å². The van der Waals surface area contributed by atoms with Gasteiger partial charge in [-0.15, -0.1) is 0 Å². The fourth-order valence-corrected chi connectivity index (χ4v) is 1.76. The molecule has 0 bridgehead atoms. The lowest BCUT2D eigenvalue weighted by Gasteiger charge is -2.14. The first kappa shape index (κ1) is 11.6. The van der Waals surface area contributed by atoms with Crippen molar-refractivity contribution in [3.8, 4) is 5.75 Å². The smallest absolute Gasteiger partial charge is 0.139 e. The van der Waals surface area contributed by atoms with Crippen LogP contribution in [0.4, 0.5) is 0 Å². The Morgan fingerprint density at radius 3 is 2.43 bits per heavy atom. The zero-order chi connectivity index (χ0) is 10.7. The number of ether oxygens (including phenoxy) is 1. The van der Waals surface area contributed by atoms with Crippen molar-refractivity contribution in [2.24, 2.45) is 0 Å². The minimum Gasteiger partial charge on any atom is -0.495 e. The summed E-state index contributed by atoms with van der Waals surface area (Å²) in [6.45, 7) is 2.02. The van der Waals surface area contributed by atoms with Crippen molar-refractivity contribution in [3.63, 3.8) is 0 Å². The van der Waals surface area contributed by atoms with Gasteiger partial charge in [0, 0.05) is 6.04 Å². The second-order valence-corrected chi connectivity index (χ2v) is 3.75. The normalized spacial score (nSPS) is 12.6. The minimum atomic E-state index is 0.172. The minimum absolute atomic E-state index is 0.172. The fraction of sp³-hybridized carbons (Fsp3) is 0.400. The standard InChI is InChI=1S/C10H13Cl2NO/c1-6(13-2)7-4-5-8(14-3)10(12)9(7)11/h4-6,13H,1-3H3. The number of benzene rings is 1. The highest BCUT2D eigenvalue weighted by Gasteiger charge is 2.13. The van der Waals surface area contributed by atoms with E-state index in [2.05, 4.69) is 5.32 Å². The molecule has 1 aromatic carbocycles. The Labute approximate surface area is 94.2 Å². The van der Waals surface area contributed by atoms with Crippen LogP contribution in [0.25, 0.3) is 0 Å². The second kappa shape index (κ2) is 4.87. The number of methoxy groups -OCH3 is 1. The molecule has 1 atom stereocenters. The summed E-state index contributed by atoms with van der Waals surface area (Å²) >= 11 is 12.1. The largest absolute Gasteiger partial charge is 0.495 e. The van der Waals surface area contributed by atoms with Gasteiger partial charge in [-0.25, -0.2) is 0 Å². The summed E-state index contributed by atoms with van der Waals surface area (Å²) in [4.78, 5) is 0. The number of halogens is 2. The lowest BCUT2D eigenvalue weighted by molar-refractivity contribution is 0.414. The summed E-state index contributed by atoms with van der Waals surface area (Å²) in [6.07, 6.45) is 0. The van der Waals surface area contributed by atoms with E-state index in [0.717, 1.165) is 5.56 Å². The highest BCUT2D eigenvalue weighted by molar-refractivity contribution is 6.43. The molecule has 0 aliphatic rings.